The van der Waals surface area contributed by atoms with Crippen molar-refractivity contribution in [1.82, 2.24) is 15.3 Å². The number of nitrogen functional groups attached to an aromatic ring is 1. The van der Waals surface area contributed by atoms with Gasteiger partial charge in [0, 0.05) is 19.2 Å². The van der Waals surface area contributed by atoms with E-state index in [0.717, 1.165) is 11.4 Å². The monoisotopic (exact) mass is 266 g/mol. The van der Waals surface area contributed by atoms with Crippen LogP contribution in [0, 0.1) is 0 Å². The van der Waals surface area contributed by atoms with Gasteiger partial charge in [0.25, 0.3) is 0 Å². The quantitative estimate of drug-likeness (QED) is 0.511. The summed E-state index contributed by atoms with van der Waals surface area (Å²) < 4.78 is 0. The fourth-order valence-corrected chi connectivity index (χ4v) is 1.87. The van der Waals surface area contributed by atoms with Gasteiger partial charge in [-0.15, -0.1) is 0 Å². The second-order valence-electron chi connectivity index (χ2n) is 4.45. The summed E-state index contributed by atoms with van der Waals surface area (Å²) in [7, 11) is 1.62. The molecule has 7 heteroatoms. The molecule has 1 heterocycles. The molecule has 7 nitrogen and oxygen atoms in total. The second-order valence-corrected chi connectivity index (χ2v) is 4.45. The van der Waals surface area contributed by atoms with Gasteiger partial charge in [0.15, 0.2) is 0 Å². The lowest BCUT2D eigenvalue weighted by molar-refractivity contribution is -0.119. The number of hydrazine groups is 1. The van der Waals surface area contributed by atoms with Crippen molar-refractivity contribution in [3.05, 3.63) is 11.9 Å². The summed E-state index contributed by atoms with van der Waals surface area (Å²) in [5.74, 6) is 6.96. The summed E-state index contributed by atoms with van der Waals surface area (Å²) in [5, 5.41) is 2.61. The Morgan fingerprint density at radius 1 is 1.47 bits per heavy atom. The van der Waals surface area contributed by atoms with E-state index < -0.39 is 0 Å². The molecule has 0 atom stereocenters. The van der Waals surface area contributed by atoms with Gasteiger partial charge in [-0.05, 0) is 12.8 Å². The van der Waals surface area contributed by atoms with Crippen LogP contribution in [-0.4, -0.2) is 36.0 Å². The number of carbonyl (C=O) groups excluding carboxylic acids is 1. The maximum absolute atomic E-state index is 11.6. The van der Waals surface area contributed by atoms with Gasteiger partial charge in [-0.1, -0.05) is 13.8 Å². The molecule has 0 fully saturated rings. The summed E-state index contributed by atoms with van der Waals surface area (Å²) in [4.78, 5) is 21.9. The number of carbonyl (C=O) groups is 1. The lowest BCUT2D eigenvalue weighted by Crippen LogP contribution is -2.37. The minimum atomic E-state index is -0.0579. The number of rotatable bonds is 6. The van der Waals surface area contributed by atoms with Gasteiger partial charge in [-0.3, -0.25) is 4.79 Å². The Labute approximate surface area is 113 Å². The molecule has 1 aromatic heterocycles. The van der Waals surface area contributed by atoms with Crippen LogP contribution in [0.25, 0.3) is 0 Å². The summed E-state index contributed by atoms with van der Waals surface area (Å²) in [6.45, 7) is 6.99. The third kappa shape index (κ3) is 3.54. The largest absolute Gasteiger partial charge is 0.358 e. The van der Waals surface area contributed by atoms with Gasteiger partial charge in [-0.2, -0.15) is 0 Å². The van der Waals surface area contributed by atoms with E-state index in [4.69, 9.17) is 5.84 Å². The first-order valence-corrected chi connectivity index (χ1v) is 6.32. The normalized spacial score (nSPS) is 10.4. The minimum Gasteiger partial charge on any atom is -0.358 e. The molecule has 4 N–H and O–H groups in total. The fourth-order valence-electron chi connectivity index (χ4n) is 1.87. The molecule has 1 rings (SSSR count). The van der Waals surface area contributed by atoms with E-state index in [1.165, 1.54) is 6.33 Å². The number of nitrogens with zero attached hydrogens (tertiary/aromatic N) is 3. The predicted molar refractivity (Wildman–Crippen MR) is 75.9 cm³/mol. The Morgan fingerprint density at radius 3 is 2.63 bits per heavy atom. The molecule has 0 aromatic carbocycles. The molecular weight excluding hydrogens is 244 g/mol. The van der Waals surface area contributed by atoms with Crippen molar-refractivity contribution in [2.24, 2.45) is 5.84 Å². The molecule has 0 spiro atoms. The van der Waals surface area contributed by atoms with Crippen LogP contribution in [0.4, 0.5) is 11.6 Å². The smallest absolute Gasteiger partial charge is 0.239 e. The van der Waals surface area contributed by atoms with Gasteiger partial charge in [-0.25, -0.2) is 15.8 Å². The molecule has 0 radical (unpaired) electrons. The summed E-state index contributed by atoms with van der Waals surface area (Å²) in [6.07, 6.45) is 1.45. The van der Waals surface area contributed by atoms with Crippen LogP contribution in [0.15, 0.2) is 6.33 Å². The molecule has 0 saturated heterocycles. The van der Waals surface area contributed by atoms with Crippen molar-refractivity contribution < 1.29 is 4.79 Å². The highest BCUT2D eigenvalue weighted by Gasteiger charge is 2.20. The van der Waals surface area contributed by atoms with E-state index in [2.05, 4.69) is 20.7 Å². The summed E-state index contributed by atoms with van der Waals surface area (Å²) >= 11 is 0. The van der Waals surface area contributed by atoms with Gasteiger partial charge in [0.2, 0.25) is 5.91 Å². The minimum absolute atomic E-state index is 0.0579. The lowest BCUT2D eigenvalue weighted by atomic mass is 10.0. The van der Waals surface area contributed by atoms with Crippen LogP contribution in [0.5, 0.6) is 0 Å². The van der Waals surface area contributed by atoms with E-state index in [0.29, 0.717) is 12.4 Å². The highest BCUT2D eigenvalue weighted by Crippen LogP contribution is 2.30. The van der Waals surface area contributed by atoms with Crippen molar-refractivity contribution in [3.63, 3.8) is 0 Å². The van der Waals surface area contributed by atoms with Gasteiger partial charge >= 0.3 is 0 Å². The van der Waals surface area contributed by atoms with E-state index in [9.17, 15) is 4.79 Å². The molecule has 0 unspecified atom stereocenters. The molecule has 1 aromatic rings. The van der Waals surface area contributed by atoms with Crippen LogP contribution >= 0.6 is 0 Å². The molecule has 0 aliphatic heterocycles. The van der Waals surface area contributed by atoms with Crippen molar-refractivity contribution in [2.75, 3.05) is 30.5 Å². The number of nitrogens with one attached hydrogen (secondary N) is 2. The first-order valence-electron chi connectivity index (χ1n) is 6.32. The van der Waals surface area contributed by atoms with Gasteiger partial charge in [0.1, 0.15) is 18.0 Å². The highest BCUT2D eigenvalue weighted by molar-refractivity contribution is 5.81. The average molecular weight is 266 g/mol. The standard InChI is InChI=1S/C12H22N6O/c1-5-18(6-9(19)14-4)12-10(8(2)3)11(17-13)15-7-16-12/h7-8H,5-6,13H2,1-4H3,(H,14,19)(H,15,16,17). The Balaban J connectivity index is 3.19. The number of hydrogen-bond acceptors (Lipinski definition) is 6. The Morgan fingerprint density at radius 2 is 2.16 bits per heavy atom. The Kier molecular flexibility index (Phi) is 5.50. The second kappa shape index (κ2) is 6.89. The number of nitrogens with two attached hydrogens (primary N) is 1. The van der Waals surface area contributed by atoms with Crippen LogP contribution in [0.3, 0.4) is 0 Å². The van der Waals surface area contributed by atoms with E-state index in [-0.39, 0.29) is 18.4 Å². The zero-order chi connectivity index (χ0) is 14.4. The summed E-state index contributed by atoms with van der Waals surface area (Å²) in [5.41, 5.74) is 3.50. The van der Waals surface area contributed by atoms with Gasteiger partial charge in [0.05, 0.1) is 6.54 Å². The molecule has 0 bridgehead atoms. The third-order valence-electron chi connectivity index (χ3n) is 2.87. The van der Waals surface area contributed by atoms with Crippen molar-refractivity contribution in [3.8, 4) is 0 Å². The number of hydrogen-bond donors (Lipinski definition) is 3. The van der Waals surface area contributed by atoms with Crippen molar-refractivity contribution in [2.45, 2.75) is 26.7 Å². The topological polar surface area (TPSA) is 96.2 Å². The van der Waals surface area contributed by atoms with E-state index in [1.54, 1.807) is 7.05 Å². The number of aromatic nitrogens is 2. The van der Waals surface area contributed by atoms with Crippen molar-refractivity contribution in [1.29, 1.82) is 0 Å². The summed E-state index contributed by atoms with van der Waals surface area (Å²) in [6, 6.07) is 0. The Bertz CT molecular complexity index is 434. The van der Waals surface area contributed by atoms with Crippen LogP contribution in [-0.2, 0) is 4.79 Å². The fraction of sp³-hybridized carbons (Fsp3) is 0.583. The molecule has 0 aliphatic rings. The first-order chi connectivity index (χ1) is 9.04. The first kappa shape index (κ1) is 15.2. The highest BCUT2D eigenvalue weighted by atomic mass is 16.1. The number of anilines is 2. The number of amides is 1. The van der Waals surface area contributed by atoms with Crippen molar-refractivity contribution >= 4 is 17.5 Å². The van der Waals surface area contributed by atoms with Gasteiger partial charge < -0.3 is 15.6 Å². The van der Waals surface area contributed by atoms with E-state index in [1.807, 2.05) is 25.7 Å². The molecule has 0 saturated carbocycles. The molecule has 0 aliphatic carbocycles. The zero-order valence-corrected chi connectivity index (χ0v) is 11.9. The maximum atomic E-state index is 11.6. The SMILES string of the molecule is CCN(CC(=O)NC)c1ncnc(NN)c1C(C)C. The van der Waals surface area contributed by atoms with E-state index >= 15 is 0 Å². The molecule has 1 amide bonds. The molecular formula is C12H22N6O. The third-order valence-corrected chi connectivity index (χ3v) is 2.87. The maximum Gasteiger partial charge on any atom is 0.239 e. The zero-order valence-electron chi connectivity index (χ0n) is 11.9. The van der Waals surface area contributed by atoms with Crippen LogP contribution in [0.2, 0.25) is 0 Å². The average Bonchev–Trinajstić information content (AvgIpc) is 2.43. The molecule has 106 valence electrons. The van der Waals surface area contributed by atoms with Crippen LogP contribution in [0.1, 0.15) is 32.3 Å². The van der Waals surface area contributed by atoms with Crippen LogP contribution < -0.4 is 21.5 Å². The predicted octanol–water partition coefficient (Wildman–Crippen LogP) is 0.458. The Hall–Kier alpha value is -1.89. The number of likely N-dealkylation sites (N-methyl/N-ethyl adjacent to an activating group) is 2. The molecule has 19 heavy (non-hydrogen) atoms. The lowest BCUT2D eigenvalue weighted by Gasteiger charge is -2.25.